The molecule has 2 aromatic carbocycles. The lowest BCUT2D eigenvalue weighted by atomic mass is 10.1. The lowest BCUT2D eigenvalue weighted by Crippen LogP contribution is -2.49. The van der Waals surface area contributed by atoms with E-state index in [9.17, 15) is 9.90 Å². The second kappa shape index (κ2) is 8.39. The van der Waals surface area contributed by atoms with Gasteiger partial charge < -0.3 is 20.1 Å². The van der Waals surface area contributed by atoms with Crippen molar-refractivity contribution in [3.8, 4) is 5.75 Å². The number of ether oxygens (including phenoxy) is 1. The third kappa shape index (κ3) is 4.58. The van der Waals surface area contributed by atoms with E-state index in [4.69, 9.17) is 16.3 Å². The van der Waals surface area contributed by atoms with Gasteiger partial charge in [-0.1, -0.05) is 11.6 Å². The summed E-state index contributed by atoms with van der Waals surface area (Å²) in [6.45, 7) is 4.44. The van der Waals surface area contributed by atoms with E-state index in [0.29, 0.717) is 18.7 Å². The molecule has 4 rings (SSSR count). The number of carbonyl (C=O) groups excluding carboxylic acids is 1. The van der Waals surface area contributed by atoms with E-state index >= 15 is 0 Å². The average molecular weight is 402 g/mol. The standard InChI is InChI=1S/C21H24ClN3O3/c22-16-1-3-17(4-2-16)25-9-7-24(8-10-25)13-18(26)14-28-19-5-6-20-15(11-19)12-21(27)23-20/h1-6,11,18,26H,7-10,12-14H2,(H,23,27). The highest BCUT2D eigenvalue weighted by Gasteiger charge is 2.21. The number of carbonyl (C=O) groups is 1. The zero-order chi connectivity index (χ0) is 19.5. The molecule has 2 aliphatic heterocycles. The predicted octanol–water partition coefficient (Wildman–Crippen LogP) is 2.40. The van der Waals surface area contributed by atoms with Crippen molar-refractivity contribution in [3.63, 3.8) is 0 Å². The molecule has 28 heavy (non-hydrogen) atoms. The average Bonchev–Trinajstić information content (AvgIpc) is 3.07. The molecular formula is C21H24ClN3O3. The molecule has 6 nitrogen and oxygen atoms in total. The van der Waals surface area contributed by atoms with E-state index in [1.54, 1.807) is 0 Å². The Kier molecular flexibility index (Phi) is 5.71. The minimum atomic E-state index is -0.560. The molecule has 2 N–H and O–H groups in total. The van der Waals surface area contributed by atoms with Gasteiger partial charge in [-0.25, -0.2) is 0 Å². The van der Waals surface area contributed by atoms with Crippen LogP contribution in [0.15, 0.2) is 42.5 Å². The van der Waals surface area contributed by atoms with Gasteiger partial charge in [-0.2, -0.15) is 0 Å². The fourth-order valence-corrected chi connectivity index (χ4v) is 3.81. The first-order valence-electron chi connectivity index (χ1n) is 9.53. The molecular weight excluding hydrogens is 378 g/mol. The lowest BCUT2D eigenvalue weighted by molar-refractivity contribution is -0.115. The highest BCUT2D eigenvalue weighted by atomic mass is 35.5. The lowest BCUT2D eigenvalue weighted by Gasteiger charge is -2.36. The van der Waals surface area contributed by atoms with Gasteiger partial charge in [0.1, 0.15) is 18.5 Å². The van der Waals surface area contributed by atoms with E-state index in [1.165, 1.54) is 5.69 Å². The first-order valence-corrected chi connectivity index (χ1v) is 9.91. The van der Waals surface area contributed by atoms with E-state index < -0.39 is 6.10 Å². The summed E-state index contributed by atoms with van der Waals surface area (Å²) in [7, 11) is 0. The normalized spacial score (nSPS) is 17.9. The number of hydrogen-bond acceptors (Lipinski definition) is 5. The third-order valence-corrected chi connectivity index (χ3v) is 5.43. The van der Waals surface area contributed by atoms with Crippen LogP contribution < -0.4 is 15.0 Å². The van der Waals surface area contributed by atoms with Gasteiger partial charge in [-0.05, 0) is 48.0 Å². The number of rotatable bonds is 6. The molecule has 0 spiro atoms. The van der Waals surface area contributed by atoms with Gasteiger partial charge in [0, 0.05) is 49.1 Å². The maximum atomic E-state index is 11.4. The minimum absolute atomic E-state index is 0.00456. The Morgan fingerprint density at radius 3 is 2.61 bits per heavy atom. The molecule has 1 saturated heterocycles. The number of β-amino-alcohol motifs (C(OH)–C–C–N with tert-alkyl or cyclic N) is 1. The highest BCUT2D eigenvalue weighted by molar-refractivity contribution is 6.30. The quantitative estimate of drug-likeness (QED) is 0.778. The van der Waals surface area contributed by atoms with Crippen LogP contribution in [0.3, 0.4) is 0 Å². The van der Waals surface area contributed by atoms with E-state index in [1.807, 2.05) is 42.5 Å². The molecule has 0 aliphatic carbocycles. The van der Waals surface area contributed by atoms with E-state index in [-0.39, 0.29) is 12.5 Å². The number of hydrogen-bond donors (Lipinski definition) is 2. The molecule has 1 amide bonds. The van der Waals surface area contributed by atoms with Crippen molar-refractivity contribution in [1.29, 1.82) is 0 Å². The zero-order valence-corrected chi connectivity index (χ0v) is 16.4. The molecule has 1 fully saturated rings. The molecule has 148 valence electrons. The fraction of sp³-hybridized carbons (Fsp3) is 0.381. The summed E-state index contributed by atoms with van der Waals surface area (Å²) in [5.41, 5.74) is 2.96. The maximum Gasteiger partial charge on any atom is 0.228 e. The fourth-order valence-electron chi connectivity index (χ4n) is 3.68. The summed E-state index contributed by atoms with van der Waals surface area (Å²) in [6, 6.07) is 13.4. The number of nitrogens with zero attached hydrogens (tertiary/aromatic N) is 2. The number of halogens is 1. The van der Waals surface area contributed by atoms with Crippen molar-refractivity contribution in [3.05, 3.63) is 53.1 Å². The van der Waals surface area contributed by atoms with Crippen molar-refractivity contribution in [2.45, 2.75) is 12.5 Å². The molecule has 1 unspecified atom stereocenters. The summed E-state index contributed by atoms with van der Waals surface area (Å²) >= 11 is 5.95. The summed E-state index contributed by atoms with van der Waals surface area (Å²) in [5.74, 6) is 0.687. The van der Waals surface area contributed by atoms with Gasteiger partial charge in [0.25, 0.3) is 0 Å². The van der Waals surface area contributed by atoms with Gasteiger partial charge in [0.05, 0.1) is 6.42 Å². The molecule has 0 aromatic heterocycles. The number of nitrogens with one attached hydrogen (secondary N) is 1. The molecule has 0 bridgehead atoms. The third-order valence-electron chi connectivity index (χ3n) is 5.18. The number of benzene rings is 2. The van der Waals surface area contributed by atoms with Gasteiger partial charge in [-0.15, -0.1) is 0 Å². The van der Waals surface area contributed by atoms with E-state index in [0.717, 1.165) is 42.5 Å². The Balaban J connectivity index is 1.22. The van der Waals surface area contributed by atoms with Gasteiger partial charge in [0.15, 0.2) is 0 Å². The zero-order valence-electron chi connectivity index (χ0n) is 15.6. The van der Waals surface area contributed by atoms with Gasteiger partial charge >= 0.3 is 0 Å². The largest absolute Gasteiger partial charge is 0.491 e. The number of fused-ring (bicyclic) bond motifs is 1. The highest BCUT2D eigenvalue weighted by Crippen LogP contribution is 2.27. The summed E-state index contributed by atoms with van der Waals surface area (Å²) in [5, 5.41) is 13.9. The number of amides is 1. The van der Waals surface area contributed by atoms with Crippen molar-refractivity contribution in [2.24, 2.45) is 0 Å². The number of aliphatic hydroxyl groups excluding tert-OH is 1. The maximum absolute atomic E-state index is 11.4. The molecule has 2 aliphatic rings. The van der Waals surface area contributed by atoms with Crippen molar-refractivity contribution in [2.75, 3.05) is 49.5 Å². The minimum Gasteiger partial charge on any atom is -0.491 e. The van der Waals surface area contributed by atoms with Crippen LogP contribution in [0.5, 0.6) is 5.75 Å². The Morgan fingerprint density at radius 2 is 1.86 bits per heavy atom. The second-order valence-electron chi connectivity index (χ2n) is 7.27. The van der Waals surface area contributed by atoms with Crippen LogP contribution in [0.1, 0.15) is 5.56 Å². The summed E-state index contributed by atoms with van der Waals surface area (Å²) in [4.78, 5) is 16.0. The molecule has 0 radical (unpaired) electrons. The van der Waals surface area contributed by atoms with E-state index in [2.05, 4.69) is 15.1 Å². The van der Waals surface area contributed by atoms with Crippen molar-refractivity contribution >= 4 is 28.9 Å². The monoisotopic (exact) mass is 401 g/mol. The van der Waals surface area contributed by atoms with Gasteiger partial charge in [-0.3, -0.25) is 9.69 Å². The van der Waals surface area contributed by atoms with Crippen LogP contribution in [-0.4, -0.2) is 61.3 Å². The Morgan fingerprint density at radius 1 is 1.11 bits per heavy atom. The van der Waals surface area contributed by atoms with Crippen LogP contribution >= 0.6 is 11.6 Å². The first-order chi connectivity index (χ1) is 13.6. The molecule has 2 aromatic rings. The van der Waals surface area contributed by atoms with Crippen LogP contribution in [0, 0.1) is 0 Å². The smallest absolute Gasteiger partial charge is 0.228 e. The van der Waals surface area contributed by atoms with Crippen LogP contribution in [0.4, 0.5) is 11.4 Å². The van der Waals surface area contributed by atoms with Gasteiger partial charge in [0.2, 0.25) is 5.91 Å². The Hall–Kier alpha value is -2.28. The Bertz CT molecular complexity index is 835. The second-order valence-corrected chi connectivity index (χ2v) is 7.71. The summed E-state index contributed by atoms with van der Waals surface area (Å²) < 4.78 is 5.73. The predicted molar refractivity (Wildman–Crippen MR) is 110 cm³/mol. The SMILES string of the molecule is O=C1Cc2cc(OCC(O)CN3CCN(c4ccc(Cl)cc4)CC3)ccc2N1. The molecule has 7 heteroatoms. The topological polar surface area (TPSA) is 65.0 Å². The van der Waals surface area contributed by atoms with Crippen molar-refractivity contribution in [1.82, 2.24) is 4.90 Å². The molecule has 1 atom stereocenters. The van der Waals surface area contributed by atoms with Crippen LogP contribution in [0.25, 0.3) is 0 Å². The van der Waals surface area contributed by atoms with Crippen LogP contribution in [-0.2, 0) is 11.2 Å². The molecule has 0 saturated carbocycles. The summed E-state index contributed by atoms with van der Waals surface area (Å²) in [6.07, 6.45) is -0.178. The number of aliphatic hydroxyl groups is 1. The number of piperazine rings is 1. The number of anilines is 2. The molecule has 2 heterocycles. The van der Waals surface area contributed by atoms with Crippen LogP contribution in [0.2, 0.25) is 5.02 Å². The van der Waals surface area contributed by atoms with Crippen molar-refractivity contribution < 1.29 is 14.6 Å². The Labute approximate surface area is 169 Å². The first kappa shape index (κ1) is 19.1.